The summed E-state index contributed by atoms with van der Waals surface area (Å²) in [7, 11) is 0. The van der Waals surface area contributed by atoms with Crippen molar-refractivity contribution in [3.05, 3.63) is 29.3 Å². The maximum absolute atomic E-state index is 9.94. The number of aryl methyl sites for hydroxylation is 2. The fourth-order valence-electron chi connectivity index (χ4n) is 2.44. The lowest BCUT2D eigenvalue weighted by Crippen LogP contribution is -2.60. The topological polar surface area (TPSA) is 102 Å². The molecule has 0 saturated carbocycles. The molecule has 1 aromatic rings. The fraction of sp³-hybridized carbons (Fsp3) is 0.571. The minimum atomic E-state index is -1.37. The smallest absolute Gasteiger partial charge is 0.157 e. The third kappa shape index (κ3) is 3.11. The molecule has 0 aromatic heterocycles. The summed E-state index contributed by atoms with van der Waals surface area (Å²) in [4.78, 5) is 0. The van der Waals surface area contributed by atoms with Gasteiger partial charge in [0.25, 0.3) is 0 Å². The minimum absolute atomic E-state index is 0.435. The number of hydrogen-bond donors (Lipinski definition) is 5. The number of hydrogen-bond acceptors (Lipinski definition) is 6. The summed E-state index contributed by atoms with van der Waals surface area (Å²) < 4.78 is 5.39. The number of aliphatic hydroxyl groups is 4. The summed E-state index contributed by atoms with van der Waals surface area (Å²) in [5.41, 5.74) is 2.85. The molecule has 1 saturated heterocycles. The van der Waals surface area contributed by atoms with Crippen LogP contribution in [0.2, 0.25) is 0 Å². The molecule has 0 bridgehead atoms. The molecule has 5 atom stereocenters. The van der Waals surface area contributed by atoms with Crippen molar-refractivity contribution in [3.63, 3.8) is 0 Å². The van der Waals surface area contributed by atoms with E-state index in [4.69, 9.17) is 9.84 Å². The second kappa shape index (κ2) is 6.07. The van der Waals surface area contributed by atoms with E-state index < -0.39 is 37.3 Å². The Morgan fingerprint density at radius 2 is 1.60 bits per heavy atom. The van der Waals surface area contributed by atoms with Crippen molar-refractivity contribution in [2.45, 2.75) is 44.5 Å². The average Bonchev–Trinajstić information content (AvgIpc) is 2.38. The van der Waals surface area contributed by atoms with Gasteiger partial charge in [-0.15, -0.1) is 0 Å². The van der Waals surface area contributed by atoms with E-state index in [0.29, 0.717) is 0 Å². The lowest BCUT2D eigenvalue weighted by Gasteiger charge is -2.40. The first-order chi connectivity index (χ1) is 9.42. The third-order valence-corrected chi connectivity index (χ3v) is 3.42. The normalized spacial score (nSPS) is 34.0. The zero-order valence-electron chi connectivity index (χ0n) is 11.5. The highest BCUT2D eigenvalue weighted by Crippen LogP contribution is 2.23. The van der Waals surface area contributed by atoms with E-state index in [1.807, 2.05) is 32.0 Å². The van der Waals surface area contributed by atoms with Crippen molar-refractivity contribution >= 4 is 5.69 Å². The molecule has 0 aliphatic carbocycles. The van der Waals surface area contributed by atoms with Crippen LogP contribution in [-0.2, 0) is 4.74 Å². The fourth-order valence-corrected chi connectivity index (χ4v) is 2.44. The number of nitrogens with one attached hydrogen (secondary N) is 1. The molecular formula is C14H21NO5. The summed E-state index contributed by atoms with van der Waals surface area (Å²) in [5.74, 6) is 0. The Morgan fingerprint density at radius 1 is 1.00 bits per heavy atom. The molecule has 6 nitrogen and oxygen atoms in total. The van der Waals surface area contributed by atoms with Gasteiger partial charge in [-0.3, -0.25) is 0 Å². The van der Waals surface area contributed by atoms with Gasteiger partial charge in [-0.2, -0.15) is 0 Å². The van der Waals surface area contributed by atoms with E-state index in [2.05, 4.69) is 5.32 Å². The predicted molar refractivity (Wildman–Crippen MR) is 73.3 cm³/mol. The van der Waals surface area contributed by atoms with Crippen LogP contribution in [-0.4, -0.2) is 57.7 Å². The first-order valence-electron chi connectivity index (χ1n) is 6.57. The molecule has 5 N–H and O–H groups in total. The number of aliphatic hydroxyl groups excluding tert-OH is 4. The lowest BCUT2D eigenvalue weighted by atomic mass is 9.98. The second-order valence-corrected chi connectivity index (χ2v) is 5.27. The van der Waals surface area contributed by atoms with Gasteiger partial charge < -0.3 is 30.5 Å². The molecule has 1 aliphatic heterocycles. The van der Waals surface area contributed by atoms with Gasteiger partial charge in [0.1, 0.15) is 24.4 Å². The zero-order chi connectivity index (χ0) is 14.9. The average molecular weight is 283 g/mol. The van der Waals surface area contributed by atoms with E-state index >= 15 is 0 Å². The SMILES string of the molecule is Cc1cc(C)cc(NC2OC(CO)C(O)C(O)C2O)c1. The zero-order valence-corrected chi connectivity index (χ0v) is 11.5. The van der Waals surface area contributed by atoms with Crippen LogP contribution < -0.4 is 5.32 Å². The Hall–Kier alpha value is -1.18. The quantitative estimate of drug-likeness (QED) is 0.513. The molecule has 1 aromatic carbocycles. The lowest BCUT2D eigenvalue weighted by molar-refractivity contribution is -0.221. The van der Waals surface area contributed by atoms with Crippen LogP contribution in [0.15, 0.2) is 18.2 Å². The summed E-state index contributed by atoms with van der Waals surface area (Å²) in [6.07, 6.45) is -5.80. The molecule has 20 heavy (non-hydrogen) atoms. The molecule has 2 rings (SSSR count). The van der Waals surface area contributed by atoms with Gasteiger partial charge in [-0.05, 0) is 37.1 Å². The highest BCUT2D eigenvalue weighted by molar-refractivity contribution is 5.49. The van der Waals surface area contributed by atoms with Crippen LogP contribution in [0, 0.1) is 13.8 Å². The Morgan fingerprint density at radius 3 is 2.15 bits per heavy atom. The molecule has 112 valence electrons. The van der Waals surface area contributed by atoms with Gasteiger partial charge >= 0.3 is 0 Å². The monoisotopic (exact) mass is 283 g/mol. The molecule has 6 heteroatoms. The maximum Gasteiger partial charge on any atom is 0.157 e. The van der Waals surface area contributed by atoms with Crippen LogP contribution >= 0.6 is 0 Å². The van der Waals surface area contributed by atoms with Crippen molar-refractivity contribution in [2.75, 3.05) is 11.9 Å². The Bertz CT molecular complexity index is 445. The second-order valence-electron chi connectivity index (χ2n) is 5.27. The van der Waals surface area contributed by atoms with Crippen LogP contribution in [0.1, 0.15) is 11.1 Å². The molecule has 1 aliphatic rings. The Kier molecular flexibility index (Phi) is 4.62. The highest BCUT2D eigenvalue weighted by atomic mass is 16.6. The van der Waals surface area contributed by atoms with Crippen LogP contribution in [0.25, 0.3) is 0 Å². The first kappa shape index (κ1) is 15.2. The number of rotatable bonds is 3. The van der Waals surface area contributed by atoms with Gasteiger partial charge in [0.2, 0.25) is 0 Å². The van der Waals surface area contributed by atoms with Crippen molar-refractivity contribution < 1.29 is 25.2 Å². The summed E-state index contributed by atoms with van der Waals surface area (Å²) >= 11 is 0. The van der Waals surface area contributed by atoms with Crippen LogP contribution in [0.5, 0.6) is 0 Å². The Labute approximate surface area is 117 Å². The predicted octanol–water partition coefficient (Wildman–Crippen LogP) is -0.485. The number of ether oxygens (including phenoxy) is 1. The standard InChI is InChI=1S/C14H21NO5/c1-7-3-8(2)5-9(4-7)15-14-13(19)12(18)11(17)10(6-16)20-14/h3-5,10-19H,6H2,1-2H3. The van der Waals surface area contributed by atoms with Gasteiger partial charge in [0.15, 0.2) is 6.23 Å². The summed E-state index contributed by atoms with van der Waals surface area (Å²) in [6.45, 7) is 3.47. The maximum atomic E-state index is 9.94. The van der Waals surface area contributed by atoms with Gasteiger partial charge in [-0.1, -0.05) is 6.07 Å². The van der Waals surface area contributed by atoms with Crippen LogP contribution in [0.3, 0.4) is 0 Å². The van der Waals surface area contributed by atoms with E-state index in [-0.39, 0.29) is 0 Å². The first-order valence-corrected chi connectivity index (χ1v) is 6.57. The Balaban J connectivity index is 2.15. The summed E-state index contributed by atoms with van der Waals surface area (Å²) in [5, 5.41) is 41.5. The highest BCUT2D eigenvalue weighted by Gasteiger charge is 2.43. The number of benzene rings is 1. The molecular weight excluding hydrogens is 262 g/mol. The minimum Gasteiger partial charge on any atom is -0.394 e. The molecule has 1 fully saturated rings. The van der Waals surface area contributed by atoms with E-state index in [0.717, 1.165) is 16.8 Å². The van der Waals surface area contributed by atoms with Gasteiger partial charge in [0, 0.05) is 5.69 Å². The third-order valence-electron chi connectivity index (χ3n) is 3.42. The van der Waals surface area contributed by atoms with Crippen LogP contribution in [0.4, 0.5) is 5.69 Å². The molecule has 1 heterocycles. The van der Waals surface area contributed by atoms with Crippen molar-refractivity contribution in [1.82, 2.24) is 0 Å². The van der Waals surface area contributed by atoms with Crippen molar-refractivity contribution in [2.24, 2.45) is 0 Å². The molecule has 5 unspecified atom stereocenters. The van der Waals surface area contributed by atoms with Gasteiger partial charge in [-0.25, -0.2) is 0 Å². The van der Waals surface area contributed by atoms with E-state index in [1.165, 1.54) is 0 Å². The van der Waals surface area contributed by atoms with Gasteiger partial charge in [0.05, 0.1) is 6.61 Å². The van der Waals surface area contributed by atoms with Crippen molar-refractivity contribution in [1.29, 1.82) is 0 Å². The van der Waals surface area contributed by atoms with E-state index in [9.17, 15) is 15.3 Å². The molecule has 0 radical (unpaired) electrons. The largest absolute Gasteiger partial charge is 0.394 e. The molecule has 0 amide bonds. The van der Waals surface area contributed by atoms with E-state index in [1.54, 1.807) is 0 Å². The summed E-state index contributed by atoms with van der Waals surface area (Å²) in [6, 6.07) is 5.78. The van der Waals surface area contributed by atoms with Crippen molar-refractivity contribution in [3.8, 4) is 0 Å². The number of anilines is 1. The molecule has 0 spiro atoms.